The summed E-state index contributed by atoms with van der Waals surface area (Å²) in [5.41, 5.74) is 2.57. The first-order valence-electron chi connectivity index (χ1n) is 9.66. The standard InChI is InChI=1S/C20H35N5.HI/c1-4-24-13-15-25(16-14-24)12-6-5-11-22-20(21-3)23-17-19-9-7-18(2)8-10-19;/h7-10H,4-6,11-17H2,1-3H3,(H2,21,22,23);1H. The van der Waals surface area contributed by atoms with Gasteiger partial charge in [0.1, 0.15) is 0 Å². The van der Waals surface area contributed by atoms with Crippen LogP contribution in [0.15, 0.2) is 29.3 Å². The van der Waals surface area contributed by atoms with Crippen molar-refractivity contribution in [3.63, 3.8) is 0 Å². The molecule has 1 fully saturated rings. The summed E-state index contributed by atoms with van der Waals surface area (Å²) in [6, 6.07) is 8.61. The summed E-state index contributed by atoms with van der Waals surface area (Å²) < 4.78 is 0. The molecule has 0 saturated carbocycles. The first-order valence-corrected chi connectivity index (χ1v) is 9.66. The Bertz CT molecular complexity index is 509. The van der Waals surface area contributed by atoms with Gasteiger partial charge < -0.3 is 20.4 Å². The number of likely N-dealkylation sites (N-methyl/N-ethyl adjacent to an activating group) is 1. The first kappa shape index (κ1) is 23.2. The lowest BCUT2D eigenvalue weighted by molar-refractivity contribution is 0.136. The number of nitrogens with one attached hydrogen (secondary N) is 2. The molecular weight excluding hydrogens is 437 g/mol. The predicted molar refractivity (Wildman–Crippen MR) is 123 cm³/mol. The second-order valence-electron chi connectivity index (χ2n) is 6.82. The molecule has 1 saturated heterocycles. The van der Waals surface area contributed by atoms with E-state index in [1.807, 2.05) is 7.05 Å². The summed E-state index contributed by atoms with van der Waals surface area (Å²) in [6.45, 7) is 13.4. The van der Waals surface area contributed by atoms with E-state index in [1.54, 1.807) is 0 Å². The molecule has 6 heteroatoms. The molecule has 0 aromatic heterocycles. The van der Waals surface area contributed by atoms with Crippen molar-refractivity contribution in [2.45, 2.75) is 33.2 Å². The van der Waals surface area contributed by atoms with Crippen molar-refractivity contribution in [1.82, 2.24) is 20.4 Å². The van der Waals surface area contributed by atoms with Crippen LogP contribution in [0, 0.1) is 6.92 Å². The topological polar surface area (TPSA) is 42.9 Å². The van der Waals surface area contributed by atoms with Crippen molar-refractivity contribution in [1.29, 1.82) is 0 Å². The van der Waals surface area contributed by atoms with Crippen LogP contribution in [-0.4, -0.2) is 68.6 Å². The zero-order chi connectivity index (χ0) is 17.9. The smallest absolute Gasteiger partial charge is 0.191 e. The van der Waals surface area contributed by atoms with Crippen LogP contribution in [-0.2, 0) is 6.54 Å². The van der Waals surface area contributed by atoms with Crippen LogP contribution in [0.4, 0.5) is 0 Å². The van der Waals surface area contributed by atoms with Crippen molar-refractivity contribution < 1.29 is 0 Å². The fraction of sp³-hybridized carbons (Fsp3) is 0.650. The van der Waals surface area contributed by atoms with Gasteiger partial charge in [-0.25, -0.2) is 0 Å². The van der Waals surface area contributed by atoms with E-state index < -0.39 is 0 Å². The van der Waals surface area contributed by atoms with Crippen LogP contribution >= 0.6 is 24.0 Å². The van der Waals surface area contributed by atoms with Gasteiger partial charge in [-0.05, 0) is 38.4 Å². The lowest BCUT2D eigenvalue weighted by Crippen LogP contribution is -2.46. The Morgan fingerprint density at radius 3 is 2.27 bits per heavy atom. The first-order chi connectivity index (χ1) is 12.2. The Morgan fingerprint density at radius 2 is 1.65 bits per heavy atom. The molecule has 1 aromatic rings. The van der Waals surface area contributed by atoms with Gasteiger partial charge in [0.05, 0.1) is 0 Å². The zero-order valence-corrected chi connectivity index (χ0v) is 19.0. The Kier molecular flexibility index (Phi) is 11.9. The van der Waals surface area contributed by atoms with E-state index in [0.717, 1.165) is 19.0 Å². The maximum absolute atomic E-state index is 4.30. The summed E-state index contributed by atoms with van der Waals surface area (Å²) in [5.74, 6) is 0.886. The minimum absolute atomic E-state index is 0. The van der Waals surface area contributed by atoms with Gasteiger partial charge in [0.2, 0.25) is 0 Å². The van der Waals surface area contributed by atoms with Gasteiger partial charge in [0, 0.05) is 46.3 Å². The van der Waals surface area contributed by atoms with Gasteiger partial charge in [-0.2, -0.15) is 0 Å². The van der Waals surface area contributed by atoms with Crippen molar-refractivity contribution >= 4 is 29.9 Å². The number of piperazine rings is 1. The van der Waals surface area contributed by atoms with E-state index >= 15 is 0 Å². The highest BCUT2D eigenvalue weighted by molar-refractivity contribution is 14.0. The second-order valence-corrected chi connectivity index (χ2v) is 6.82. The van der Waals surface area contributed by atoms with Crippen molar-refractivity contribution in [3.05, 3.63) is 35.4 Å². The number of hydrogen-bond donors (Lipinski definition) is 2. The maximum atomic E-state index is 4.30. The number of benzene rings is 1. The maximum Gasteiger partial charge on any atom is 0.191 e. The number of aryl methyl sites for hydroxylation is 1. The van der Waals surface area contributed by atoms with Crippen LogP contribution in [0.3, 0.4) is 0 Å². The van der Waals surface area contributed by atoms with E-state index in [4.69, 9.17) is 0 Å². The molecule has 148 valence electrons. The molecular formula is C20H36IN5. The van der Waals surface area contributed by atoms with Gasteiger partial charge in [0.15, 0.2) is 5.96 Å². The molecule has 0 amide bonds. The van der Waals surface area contributed by atoms with Crippen LogP contribution < -0.4 is 10.6 Å². The summed E-state index contributed by atoms with van der Waals surface area (Å²) in [6.07, 6.45) is 2.42. The Hall–Kier alpha value is -0.860. The number of hydrogen-bond acceptors (Lipinski definition) is 3. The summed E-state index contributed by atoms with van der Waals surface area (Å²) in [4.78, 5) is 9.43. The zero-order valence-electron chi connectivity index (χ0n) is 16.6. The third-order valence-electron chi connectivity index (χ3n) is 4.91. The second kappa shape index (κ2) is 13.3. The average Bonchev–Trinajstić information content (AvgIpc) is 2.65. The third-order valence-corrected chi connectivity index (χ3v) is 4.91. The van der Waals surface area contributed by atoms with Crippen LogP contribution in [0.1, 0.15) is 30.9 Å². The normalized spacial score (nSPS) is 16.2. The monoisotopic (exact) mass is 473 g/mol. The minimum atomic E-state index is 0. The largest absolute Gasteiger partial charge is 0.356 e. The molecule has 0 unspecified atom stereocenters. The molecule has 0 spiro atoms. The molecule has 0 bridgehead atoms. The highest BCUT2D eigenvalue weighted by atomic mass is 127. The summed E-state index contributed by atoms with van der Waals surface area (Å²) in [5, 5.41) is 6.80. The fourth-order valence-electron chi connectivity index (χ4n) is 3.11. The molecule has 26 heavy (non-hydrogen) atoms. The quantitative estimate of drug-likeness (QED) is 0.264. The van der Waals surface area contributed by atoms with Crippen molar-refractivity contribution in [2.75, 3.05) is 52.9 Å². The Labute approximate surface area is 176 Å². The van der Waals surface area contributed by atoms with Gasteiger partial charge in [-0.1, -0.05) is 36.8 Å². The minimum Gasteiger partial charge on any atom is -0.356 e. The molecule has 1 aliphatic rings. The van der Waals surface area contributed by atoms with E-state index in [2.05, 4.69) is 63.5 Å². The summed E-state index contributed by atoms with van der Waals surface area (Å²) >= 11 is 0. The van der Waals surface area contributed by atoms with E-state index in [1.165, 1.54) is 63.2 Å². The van der Waals surface area contributed by atoms with Gasteiger partial charge in [-0.3, -0.25) is 4.99 Å². The van der Waals surface area contributed by atoms with Gasteiger partial charge in [0.25, 0.3) is 0 Å². The number of halogens is 1. The van der Waals surface area contributed by atoms with E-state index in [9.17, 15) is 0 Å². The van der Waals surface area contributed by atoms with Crippen molar-refractivity contribution in [2.24, 2.45) is 4.99 Å². The molecule has 2 rings (SSSR count). The Balaban J connectivity index is 0.00000338. The third kappa shape index (κ3) is 8.68. The van der Waals surface area contributed by atoms with Crippen molar-refractivity contribution in [3.8, 4) is 0 Å². The van der Waals surface area contributed by atoms with E-state index in [-0.39, 0.29) is 24.0 Å². The number of guanidine groups is 1. The van der Waals surface area contributed by atoms with Crippen LogP contribution in [0.5, 0.6) is 0 Å². The molecule has 1 heterocycles. The Morgan fingerprint density at radius 1 is 1.00 bits per heavy atom. The highest BCUT2D eigenvalue weighted by Gasteiger charge is 2.14. The molecule has 0 atom stereocenters. The number of aliphatic imine (C=N–C) groups is 1. The molecule has 1 aromatic carbocycles. The number of unbranched alkanes of at least 4 members (excludes halogenated alkanes) is 1. The lowest BCUT2D eigenvalue weighted by Gasteiger charge is -2.34. The lowest BCUT2D eigenvalue weighted by atomic mass is 10.1. The summed E-state index contributed by atoms with van der Waals surface area (Å²) in [7, 11) is 1.83. The van der Waals surface area contributed by atoms with Crippen LogP contribution in [0.2, 0.25) is 0 Å². The molecule has 0 radical (unpaired) electrons. The predicted octanol–water partition coefficient (Wildman–Crippen LogP) is 2.70. The van der Waals surface area contributed by atoms with E-state index in [0.29, 0.717) is 0 Å². The molecule has 1 aliphatic heterocycles. The SMILES string of the molecule is CCN1CCN(CCCCNC(=NC)NCc2ccc(C)cc2)CC1.I. The van der Waals surface area contributed by atoms with Crippen LogP contribution in [0.25, 0.3) is 0 Å². The highest BCUT2D eigenvalue weighted by Crippen LogP contribution is 2.03. The average molecular weight is 473 g/mol. The van der Waals surface area contributed by atoms with Gasteiger partial charge >= 0.3 is 0 Å². The molecule has 0 aliphatic carbocycles. The molecule has 5 nitrogen and oxygen atoms in total. The number of nitrogens with zero attached hydrogens (tertiary/aromatic N) is 3. The van der Waals surface area contributed by atoms with Gasteiger partial charge in [-0.15, -0.1) is 24.0 Å². The molecule has 2 N–H and O–H groups in total. The fourth-order valence-corrected chi connectivity index (χ4v) is 3.11. The number of rotatable bonds is 8.